The second-order valence-corrected chi connectivity index (χ2v) is 4.56. The monoisotopic (exact) mass is 394 g/mol. The fourth-order valence-corrected chi connectivity index (χ4v) is 1.29. The van der Waals surface area contributed by atoms with E-state index in [2.05, 4.69) is 9.47 Å². The zero-order chi connectivity index (χ0) is 20.3. The maximum absolute atomic E-state index is 13.1. The fourth-order valence-electron chi connectivity index (χ4n) is 1.29. The van der Waals surface area contributed by atoms with Crippen LogP contribution >= 0.6 is 0 Å². The third-order valence-corrected chi connectivity index (χ3v) is 2.72. The molecule has 1 atom stereocenters. The van der Waals surface area contributed by atoms with Crippen molar-refractivity contribution >= 4 is 11.9 Å². The summed E-state index contributed by atoms with van der Waals surface area (Å²) < 4.78 is 120. The molecule has 5 nitrogen and oxygen atoms in total. The lowest BCUT2D eigenvalue weighted by molar-refractivity contribution is -0.397. The molecule has 0 saturated carbocycles. The number of hydrogen-bond acceptors (Lipinski definition) is 5. The number of halogens is 9. The molecule has 1 unspecified atom stereocenters. The maximum Gasteiger partial charge on any atom is 0.460 e. The van der Waals surface area contributed by atoms with Crippen molar-refractivity contribution in [3.05, 3.63) is 0 Å². The van der Waals surface area contributed by atoms with Crippen LogP contribution in [0.2, 0.25) is 0 Å². The van der Waals surface area contributed by atoms with E-state index in [1.807, 2.05) is 0 Å². The van der Waals surface area contributed by atoms with Gasteiger partial charge in [-0.25, -0.2) is 4.79 Å². The van der Waals surface area contributed by atoms with Crippen LogP contribution in [0.1, 0.15) is 12.8 Å². The van der Waals surface area contributed by atoms with Crippen molar-refractivity contribution in [2.45, 2.75) is 42.9 Å². The number of aliphatic hydroxyl groups is 1. The highest BCUT2D eigenvalue weighted by atomic mass is 19.4. The molecule has 0 saturated heterocycles. The van der Waals surface area contributed by atoms with E-state index < -0.39 is 61.4 Å². The lowest BCUT2D eigenvalue weighted by Crippen LogP contribution is -2.61. The highest BCUT2D eigenvalue weighted by Crippen LogP contribution is 2.53. The number of methoxy groups -OCH3 is 1. The molecule has 0 amide bonds. The first-order valence-electron chi connectivity index (χ1n) is 6.13. The number of carbonyl (C=O) groups is 2. The summed E-state index contributed by atoms with van der Waals surface area (Å²) in [4.78, 5) is 21.7. The maximum atomic E-state index is 13.1. The van der Waals surface area contributed by atoms with Crippen LogP contribution in [-0.2, 0) is 19.1 Å². The Morgan fingerprint density at radius 1 is 0.960 bits per heavy atom. The number of carbonyl (C=O) groups excluding carboxylic acids is 2. The molecule has 0 aliphatic heterocycles. The molecule has 0 aromatic carbocycles. The molecule has 0 spiro atoms. The Morgan fingerprint density at radius 3 is 1.84 bits per heavy atom. The zero-order valence-electron chi connectivity index (χ0n) is 12.2. The second kappa shape index (κ2) is 7.66. The van der Waals surface area contributed by atoms with Gasteiger partial charge in [-0.05, 0) is 0 Å². The smallest absolute Gasteiger partial charge is 0.460 e. The molecule has 0 heterocycles. The minimum atomic E-state index is -7.03. The molecule has 0 bridgehead atoms. The van der Waals surface area contributed by atoms with Gasteiger partial charge in [-0.2, -0.15) is 39.5 Å². The largest absolute Gasteiger partial charge is 0.467 e. The summed E-state index contributed by atoms with van der Waals surface area (Å²) >= 11 is 0. The fraction of sp³-hybridized carbons (Fsp3) is 0.818. The molecule has 0 rings (SSSR count). The molecule has 0 aromatic heterocycles. The lowest BCUT2D eigenvalue weighted by Gasteiger charge is -2.33. The summed E-state index contributed by atoms with van der Waals surface area (Å²) in [6.45, 7) is -1.68. The van der Waals surface area contributed by atoms with E-state index in [1.165, 1.54) is 0 Å². The second-order valence-electron chi connectivity index (χ2n) is 4.56. The van der Waals surface area contributed by atoms with E-state index in [-0.39, 0.29) is 0 Å². The minimum Gasteiger partial charge on any atom is -0.467 e. The highest BCUT2D eigenvalue weighted by molar-refractivity contribution is 5.81. The van der Waals surface area contributed by atoms with Gasteiger partial charge >= 0.3 is 35.9 Å². The minimum absolute atomic E-state index is 0.820. The first-order chi connectivity index (χ1) is 11.0. The third-order valence-electron chi connectivity index (χ3n) is 2.72. The van der Waals surface area contributed by atoms with Crippen LogP contribution in [-0.4, -0.2) is 60.8 Å². The summed E-state index contributed by atoms with van der Waals surface area (Å²) in [5.74, 6) is -22.6. The molecule has 14 heteroatoms. The molecule has 1 N–H and O–H groups in total. The SMILES string of the molecule is COC(=O)C(O)CC(=O)OCCC(F)(F)C(F)(F)C(F)(F)C(F)(F)F. The van der Waals surface area contributed by atoms with Crippen molar-refractivity contribution in [2.24, 2.45) is 0 Å². The molecular formula is C11H11F9O5. The van der Waals surface area contributed by atoms with E-state index in [0.717, 1.165) is 7.11 Å². The van der Waals surface area contributed by atoms with E-state index >= 15 is 0 Å². The van der Waals surface area contributed by atoms with Crippen LogP contribution in [0, 0.1) is 0 Å². The topological polar surface area (TPSA) is 72.8 Å². The quantitative estimate of drug-likeness (QED) is 0.506. The van der Waals surface area contributed by atoms with Crippen LogP contribution in [0.4, 0.5) is 39.5 Å². The van der Waals surface area contributed by atoms with Crippen LogP contribution in [0.15, 0.2) is 0 Å². The van der Waals surface area contributed by atoms with Gasteiger partial charge in [0.15, 0.2) is 6.10 Å². The molecule has 0 fully saturated rings. The Balaban J connectivity index is 4.83. The number of aliphatic hydroxyl groups excluding tert-OH is 1. The van der Waals surface area contributed by atoms with E-state index in [1.54, 1.807) is 0 Å². The third kappa shape index (κ3) is 5.12. The predicted octanol–water partition coefficient (Wildman–Crippen LogP) is 2.31. The van der Waals surface area contributed by atoms with Gasteiger partial charge in [0.25, 0.3) is 0 Å². The summed E-state index contributed by atoms with van der Waals surface area (Å²) in [5, 5.41) is 9.01. The number of ether oxygens (including phenoxy) is 2. The number of rotatable bonds is 8. The van der Waals surface area contributed by atoms with Gasteiger partial charge in [0.2, 0.25) is 0 Å². The van der Waals surface area contributed by atoms with E-state index in [9.17, 15) is 49.1 Å². The van der Waals surface area contributed by atoms with Crippen LogP contribution in [0.5, 0.6) is 0 Å². The molecular weight excluding hydrogens is 383 g/mol. The molecule has 0 aliphatic carbocycles. The van der Waals surface area contributed by atoms with Crippen LogP contribution in [0.25, 0.3) is 0 Å². The van der Waals surface area contributed by atoms with Crippen molar-refractivity contribution in [3.8, 4) is 0 Å². The van der Waals surface area contributed by atoms with Crippen molar-refractivity contribution in [3.63, 3.8) is 0 Å². The number of alkyl halides is 9. The van der Waals surface area contributed by atoms with Crippen LogP contribution < -0.4 is 0 Å². The van der Waals surface area contributed by atoms with E-state index in [0.29, 0.717) is 0 Å². The van der Waals surface area contributed by atoms with Gasteiger partial charge in [0, 0.05) is 0 Å². The Labute approximate surface area is 133 Å². The van der Waals surface area contributed by atoms with Crippen molar-refractivity contribution in [1.29, 1.82) is 0 Å². The van der Waals surface area contributed by atoms with Gasteiger partial charge < -0.3 is 14.6 Å². The molecule has 148 valence electrons. The standard InChI is InChI=1S/C11H11F9O5/c1-24-7(23)5(21)4-6(22)25-3-2-8(12,13)9(14,15)10(16,17)11(18,19)20/h5,21H,2-4H2,1H3. The zero-order valence-corrected chi connectivity index (χ0v) is 12.2. The van der Waals surface area contributed by atoms with Gasteiger partial charge in [0.05, 0.1) is 26.6 Å². The van der Waals surface area contributed by atoms with Gasteiger partial charge in [-0.3, -0.25) is 4.79 Å². The first kappa shape index (κ1) is 23.3. The number of hydrogen-bond donors (Lipinski definition) is 1. The lowest BCUT2D eigenvalue weighted by atomic mass is 10.0. The highest BCUT2D eigenvalue weighted by Gasteiger charge is 2.81. The average Bonchev–Trinajstić information content (AvgIpc) is 2.44. The normalized spacial score (nSPS) is 14.8. The Hall–Kier alpha value is -1.73. The molecule has 25 heavy (non-hydrogen) atoms. The molecule has 0 radical (unpaired) electrons. The van der Waals surface area contributed by atoms with Crippen molar-refractivity contribution in [2.75, 3.05) is 13.7 Å². The summed E-state index contributed by atoms with van der Waals surface area (Å²) in [7, 11) is 0.820. The Morgan fingerprint density at radius 2 is 1.44 bits per heavy atom. The first-order valence-corrected chi connectivity index (χ1v) is 6.13. The van der Waals surface area contributed by atoms with Gasteiger partial charge in [0.1, 0.15) is 0 Å². The van der Waals surface area contributed by atoms with Gasteiger partial charge in [-0.15, -0.1) is 0 Å². The summed E-state index contributed by atoms with van der Waals surface area (Å²) in [5.41, 5.74) is 0. The Bertz CT molecular complexity index is 489. The van der Waals surface area contributed by atoms with Crippen molar-refractivity contribution in [1.82, 2.24) is 0 Å². The summed E-state index contributed by atoms with van der Waals surface area (Å²) in [6, 6.07) is 0. The predicted molar refractivity (Wildman–Crippen MR) is 59.1 cm³/mol. The Kier molecular flexibility index (Phi) is 7.13. The molecule has 0 aromatic rings. The summed E-state index contributed by atoms with van der Waals surface area (Å²) in [6.07, 6.45) is -12.5. The van der Waals surface area contributed by atoms with E-state index in [4.69, 9.17) is 5.11 Å². The molecule has 0 aliphatic rings. The van der Waals surface area contributed by atoms with Crippen LogP contribution in [0.3, 0.4) is 0 Å². The number of esters is 2. The van der Waals surface area contributed by atoms with Crippen molar-refractivity contribution < 1.29 is 63.7 Å². The van der Waals surface area contributed by atoms with Gasteiger partial charge in [-0.1, -0.05) is 0 Å². The average molecular weight is 394 g/mol.